The number of rotatable bonds is 2. The van der Waals surface area contributed by atoms with Crippen LogP contribution in [-0.2, 0) is 5.41 Å². The van der Waals surface area contributed by atoms with Crippen LogP contribution in [0.1, 0.15) is 32.2 Å². The molecule has 0 spiro atoms. The molecule has 0 aliphatic heterocycles. The normalized spacial score (nSPS) is 12.2. The molecule has 1 heterocycles. The Morgan fingerprint density at radius 2 is 2.05 bits per heavy atom. The number of hydrogen-bond donors (Lipinski definition) is 3. The third-order valence-electron chi connectivity index (χ3n) is 2.68. The van der Waals surface area contributed by atoms with E-state index in [1.807, 2.05) is 20.8 Å². The van der Waals surface area contributed by atoms with Crippen LogP contribution in [-0.4, -0.2) is 31.3 Å². The Kier molecular flexibility index (Phi) is 3.63. The van der Waals surface area contributed by atoms with Gasteiger partial charge >= 0.3 is 0 Å². The first-order chi connectivity index (χ1) is 9.30. The molecule has 2 aromatic rings. The van der Waals surface area contributed by atoms with Crippen LogP contribution in [0.3, 0.4) is 0 Å². The molecule has 6 nitrogen and oxygen atoms in total. The molecule has 0 saturated heterocycles. The van der Waals surface area contributed by atoms with E-state index < -0.39 is 0 Å². The second kappa shape index (κ2) is 5.09. The van der Waals surface area contributed by atoms with Crippen LogP contribution < -0.4 is 0 Å². The highest BCUT2D eigenvalue weighted by molar-refractivity contribution is 7.71. The van der Waals surface area contributed by atoms with Crippen LogP contribution in [0.15, 0.2) is 23.3 Å². The molecule has 0 amide bonds. The van der Waals surface area contributed by atoms with Gasteiger partial charge in [-0.3, -0.25) is 5.10 Å². The second-order valence-corrected chi connectivity index (χ2v) is 5.76. The molecular formula is C13H16N4O2S. The van der Waals surface area contributed by atoms with Crippen molar-refractivity contribution in [2.75, 3.05) is 0 Å². The van der Waals surface area contributed by atoms with E-state index in [2.05, 4.69) is 15.3 Å². The highest BCUT2D eigenvalue weighted by atomic mass is 32.1. The number of aromatic nitrogens is 3. The van der Waals surface area contributed by atoms with Gasteiger partial charge in [0.05, 0.1) is 6.21 Å². The average Bonchev–Trinajstić information content (AvgIpc) is 2.72. The molecule has 3 N–H and O–H groups in total. The Hall–Kier alpha value is -2.15. The van der Waals surface area contributed by atoms with Crippen molar-refractivity contribution in [3.8, 4) is 11.5 Å². The van der Waals surface area contributed by atoms with Crippen LogP contribution in [0.4, 0.5) is 0 Å². The Morgan fingerprint density at radius 1 is 1.35 bits per heavy atom. The van der Waals surface area contributed by atoms with Gasteiger partial charge in [0.2, 0.25) is 4.77 Å². The van der Waals surface area contributed by atoms with Crippen LogP contribution >= 0.6 is 12.2 Å². The molecule has 0 aliphatic carbocycles. The highest BCUT2D eigenvalue weighted by Crippen LogP contribution is 2.27. The maximum Gasteiger partial charge on any atom is 0.216 e. The molecule has 20 heavy (non-hydrogen) atoms. The Labute approximate surface area is 121 Å². The van der Waals surface area contributed by atoms with Gasteiger partial charge in [-0.1, -0.05) is 26.8 Å². The third kappa shape index (κ3) is 2.72. The minimum absolute atomic E-state index is 0.194. The number of benzene rings is 1. The Morgan fingerprint density at radius 3 is 2.70 bits per heavy atom. The lowest BCUT2D eigenvalue weighted by Gasteiger charge is -2.15. The summed E-state index contributed by atoms with van der Waals surface area (Å²) in [6, 6.07) is 4.66. The summed E-state index contributed by atoms with van der Waals surface area (Å²) in [6.07, 6.45) is 1.43. The number of phenols is 2. The second-order valence-electron chi connectivity index (χ2n) is 5.37. The Bertz CT molecular complexity index is 710. The summed E-state index contributed by atoms with van der Waals surface area (Å²) in [5.41, 5.74) is 0.166. The molecule has 0 radical (unpaired) electrons. The van der Waals surface area contributed by atoms with Crippen molar-refractivity contribution in [3.63, 3.8) is 0 Å². The summed E-state index contributed by atoms with van der Waals surface area (Å²) >= 11 is 5.14. The zero-order valence-corrected chi connectivity index (χ0v) is 12.3. The minimum Gasteiger partial charge on any atom is -0.504 e. The van der Waals surface area contributed by atoms with E-state index in [9.17, 15) is 10.2 Å². The zero-order valence-electron chi connectivity index (χ0n) is 11.5. The number of aromatic amines is 1. The van der Waals surface area contributed by atoms with Gasteiger partial charge in [0.1, 0.15) is 0 Å². The summed E-state index contributed by atoms with van der Waals surface area (Å²) in [6.45, 7) is 5.99. The number of H-pyrrole nitrogens is 1. The molecule has 0 aliphatic rings. The molecule has 0 fully saturated rings. The molecule has 0 atom stereocenters. The van der Waals surface area contributed by atoms with Gasteiger partial charge in [-0.05, 0) is 24.4 Å². The summed E-state index contributed by atoms with van der Waals surface area (Å²) in [7, 11) is 0. The van der Waals surface area contributed by atoms with E-state index in [-0.39, 0.29) is 16.9 Å². The lowest BCUT2D eigenvalue weighted by Crippen LogP contribution is -2.17. The molecule has 0 unspecified atom stereocenters. The SMILES string of the molecule is CC(C)(C)c1n[nH]c(=S)n1/N=C/c1cccc(O)c1O. The van der Waals surface area contributed by atoms with Gasteiger partial charge in [0.25, 0.3) is 0 Å². The van der Waals surface area contributed by atoms with Crippen LogP contribution in [0.25, 0.3) is 0 Å². The minimum atomic E-state index is -0.230. The Balaban J connectivity index is 2.45. The molecule has 1 aromatic heterocycles. The number of para-hydroxylation sites is 1. The molecule has 1 aromatic carbocycles. The first kappa shape index (κ1) is 14.3. The predicted molar refractivity (Wildman–Crippen MR) is 78.9 cm³/mol. The van der Waals surface area contributed by atoms with E-state index in [1.165, 1.54) is 17.0 Å². The van der Waals surface area contributed by atoms with Crippen molar-refractivity contribution < 1.29 is 10.2 Å². The quantitative estimate of drug-likeness (QED) is 0.451. The van der Waals surface area contributed by atoms with Crippen molar-refractivity contribution in [1.29, 1.82) is 0 Å². The van der Waals surface area contributed by atoms with Crippen molar-refractivity contribution in [2.24, 2.45) is 5.10 Å². The van der Waals surface area contributed by atoms with Crippen molar-refractivity contribution in [2.45, 2.75) is 26.2 Å². The van der Waals surface area contributed by atoms with Gasteiger partial charge < -0.3 is 10.2 Å². The number of aromatic hydroxyl groups is 2. The number of nitrogens with one attached hydrogen (secondary N) is 1. The van der Waals surface area contributed by atoms with Crippen molar-refractivity contribution >= 4 is 18.4 Å². The van der Waals surface area contributed by atoms with Gasteiger partial charge in [0.15, 0.2) is 17.3 Å². The first-order valence-corrected chi connectivity index (χ1v) is 6.44. The lowest BCUT2D eigenvalue weighted by atomic mass is 9.96. The molecule has 7 heteroatoms. The van der Waals surface area contributed by atoms with E-state index in [0.717, 1.165) is 0 Å². The maximum atomic E-state index is 9.72. The average molecular weight is 292 g/mol. The van der Waals surface area contributed by atoms with Crippen molar-refractivity contribution in [3.05, 3.63) is 34.4 Å². The zero-order chi connectivity index (χ0) is 14.9. The van der Waals surface area contributed by atoms with Gasteiger partial charge in [-0.15, -0.1) is 0 Å². The summed E-state index contributed by atoms with van der Waals surface area (Å²) in [5.74, 6) is 0.266. The molecule has 106 valence electrons. The monoisotopic (exact) mass is 292 g/mol. The summed E-state index contributed by atoms with van der Waals surface area (Å²) < 4.78 is 1.87. The van der Waals surface area contributed by atoms with Crippen molar-refractivity contribution in [1.82, 2.24) is 14.9 Å². The lowest BCUT2D eigenvalue weighted by molar-refractivity contribution is 0.403. The van der Waals surface area contributed by atoms with E-state index >= 15 is 0 Å². The van der Waals surface area contributed by atoms with E-state index in [0.29, 0.717) is 16.2 Å². The van der Waals surface area contributed by atoms with Gasteiger partial charge in [-0.25, -0.2) is 0 Å². The number of phenolic OH excluding ortho intramolecular Hbond substituents is 2. The third-order valence-corrected chi connectivity index (χ3v) is 2.94. The maximum absolute atomic E-state index is 9.72. The number of hydrogen-bond acceptors (Lipinski definition) is 5. The smallest absolute Gasteiger partial charge is 0.216 e. The van der Waals surface area contributed by atoms with E-state index in [4.69, 9.17) is 12.2 Å². The first-order valence-electron chi connectivity index (χ1n) is 6.04. The fraction of sp³-hybridized carbons (Fsp3) is 0.308. The molecule has 0 bridgehead atoms. The molecular weight excluding hydrogens is 276 g/mol. The fourth-order valence-electron chi connectivity index (χ4n) is 1.66. The van der Waals surface area contributed by atoms with E-state index in [1.54, 1.807) is 12.1 Å². The largest absolute Gasteiger partial charge is 0.504 e. The standard InChI is InChI=1S/C13H16N4O2S/c1-13(2,3)11-15-16-12(20)17(11)14-7-8-5-4-6-9(18)10(8)19/h4-7,18-19H,1-3H3,(H,16,20)/b14-7+. The highest BCUT2D eigenvalue weighted by Gasteiger charge is 2.21. The topological polar surface area (TPSA) is 86.4 Å². The van der Waals surface area contributed by atoms with Gasteiger partial charge in [-0.2, -0.15) is 14.9 Å². The summed E-state index contributed by atoms with van der Waals surface area (Å²) in [5, 5.41) is 30.2. The molecule has 2 rings (SSSR count). The molecule has 0 saturated carbocycles. The van der Waals surface area contributed by atoms with Crippen LogP contribution in [0, 0.1) is 4.77 Å². The predicted octanol–water partition coefficient (Wildman–Crippen LogP) is 2.53. The van der Waals surface area contributed by atoms with Crippen LogP contribution in [0.2, 0.25) is 0 Å². The summed E-state index contributed by atoms with van der Waals surface area (Å²) in [4.78, 5) is 0. The van der Waals surface area contributed by atoms with Crippen LogP contribution in [0.5, 0.6) is 11.5 Å². The number of nitrogens with zero attached hydrogens (tertiary/aromatic N) is 3. The van der Waals surface area contributed by atoms with Gasteiger partial charge in [0, 0.05) is 11.0 Å². The fourth-order valence-corrected chi connectivity index (χ4v) is 1.84.